The molecule has 5 heteroatoms. The molecule has 1 rings (SSSR count). The number of carbonyl (C=O) groups is 2. The Hall–Kier alpha value is -2.14. The maximum Gasteiger partial charge on any atom is 0.328 e. The summed E-state index contributed by atoms with van der Waals surface area (Å²) in [7, 11) is 2.03. The normalized spacial score (nSPS) is 10.9. The van der Waals surface area contributed by atoms with E-state index in [1.165, 1.54) is 5.56 Å². The number of hydrogen-bond acceptors (Lipinski definition) is 3. The van der Waals surface area contributed by atoms with E-state index < -0.39 is 5.97 Å². The van der Waals surface area contributed by atoms with Crippen molar-refractivity contribution >= 4 is 11.9 Å². The van der Waals surface area contributed by atoms with Crippen LogP contribution in [0.25, 0.3) is 0 Å². The molecule has 0 aliphatic heterocycles. The lowest BCUT2D eigenvalue weighted by Gasteiger charge is -2.16. The number of rotatable bonds is 8. The summed E-state index contributed by atoms with van der Waals surface area (Å²) in [6.45, 7) is 2.26. The van der Waals surface area contributed by atoms with Crippen LogP contribution in [-0.2, 0) is 16.1 Å². The van der Waals surface area contributed by atoms with Gasteiger partial charge >= 0.3 is 5.97 Å². The fourth-order valence-corrected chi connectivity index (χ4v) is 1.74. The van der Waals surface area contributed by atoms with Crippen LogP contribution >= 0.6 is 0 Å². The van der Waals surface area contributed by atoms with E-state index in [9.17, 15) is 9.59 Å². The second-order valence-electron chi connectivity index (χ2n) is 4.54. The lowest BCUT2D eigenvalue weighted by Crippen LogP contribution is -2.27. The van der Waals surface area contributed by atoms with Gasteiger partial charge in [0.2, 0.25) is 5.91 Å². The van der Waals surface area contributed by atoms with E-state index in [4.69, 9.17) is 5.11 Å². The zero-order valence-corrected chi connectivity index (χ0v) is 11.6. The van der Waals surface area contributed by atoms with Gasteiger partial charge in [-0.3, -0.25) is 4.79 Å². The molecular formula is C15H20N2O3. The fourth-order valence-electron chi connectivity index (χ4n) is 1.74. The minimum Gasteiger partial charge on any atom is -0.478 e. The molecule has 20 heavy (non-hydrogen) atoms. The molecule has 1 aromatic rings. The number of hydrogen-bond donors (Lipinski definition) is 2. The standard InChI is InChI=1S/C15H20N2O3/c1-17(12-13-6-3-2-4-7-13)11-5-10-16-14(18)8-9-15(19)20/h2-4,6-9H,5,10-12H2,1H3,(H,16,18)(H,19,20)/b9-8-. The SMILES string of the molecule is CN(CCCNC(=O)/C=C\C(=O)O)Cc1ccccc1. The maximum atomic E-state index is 11.2. The van der Waals surface area contributed by atoms with Crippen LogP contribution < -0.4 is 5.32 Å². The summed E-state index contributed by atoms with van der Waals surface area (Å²) in [5, 5.41) is 11.0. The first-order valence-corrected chi connectivity index (χ1v) is 6.49. The van der Waals surface area contributed by atoms with Crippen LogP contribution in [0.4, 0.5) is 0 Å². The van der Waals surface area contributed by atoms with E-state index in [2.05, 4.69) is 22.3 Å². The third-order valence-electron chi connectivity index (χ3n) is 2.69. The first-order valence-electron chi connectivity index (χ1n) is 6.49. The van der Waals surface area contributed by atoms with Gasteiger partial charge in [-0.2, -0.15) is 0 Å². The van der Waals surface area contributed by atoms with Crippen LogP contribution in [-0.4, -0.2) is 42.0 Å². The molecule has 2 N–H and O–H groups in total. The average Bonchev–Trinajstić information content (AvgIpc) is 2.42. The summed E-state index contributed by atoms with van der Waals surface area (Å²) in [6.07, 6.45) is 2.67. The number of amides is 1. The molecule has 0 aliphatic carbocycles. The quantitative estimate of drug-likeness (QED) is 0.554. The largest absolute Gasteiger partial charge is 0.478 e. The van der Waals surface area contributed by atoms with E-state index >= 15 is 0 Å². The Labute approximate surface area is 118 Å². The van der Waals surface area contributed by atoms with E-state index in [1.807, 2.05) is 25.2 Å². The predicted octanol–water partition coefficient (Wildman–Crippen LogP) is 1.27. The number of nitrogens with zero attached hydrogens (tertiary/aromatic N) is 1. The molecule has 0 unspecified atom stereocenters. The van der Waals surface area contributed by atoms with Crippen molar-refractivity contribution in [3.8, 4) is 0 Å². The van der Waals surface area contributed by atoms with Crippen LogP contribution in [0, 0.1) is 0 Å². The summed E-state index contributed by atoms with van der Waals surface area (Å²) in [5.41, 5.74) is 1.25. The number of benzene rings is 1. The molecule has 0 saturated carbocycles. The van der Waals surface area contributed by atoms with Crippen molar-refractivity contribution in [3.63, 3.8) is 0 Å². The second-order valence-corrected chi connectivity index (χ2v) is 4.54. The minimum atomic E-state index is -1.12. The second kappa shape index (κ2) is 8.87. The highest BCUT2D eigenvalue weighted by Crippen LogP contribution is 2.02. The molecule has 0 saturated heterocycles. The first-order chi connectivity index (χ1) is 9.58. The van der Waals surface area contributed by atoms with Crippen LogP contribution in [0.5, 0.6) is 0 Å². The smallest absolute Gasteiger partial charge is 0.328 e. The molecule has 108 valence electrons. The van der Waals surface area contributed by atoms with Gasteiger partial charge < -0.3 is 15.3 Å². The molecule has 0 spiro atoms. The molecule has 1 aromatic carbocycles. The van der Waals surface area contributed by atoms with Crippen molar-refractivity contribution < 1.29 is 14.7 Å². The predicted molar refractivity (Wildman–Crippen MR) is 77.2 cm³/mol. The van der Waals surface area contributed by atoms with Gasteiger partial charge in [0.25, 0.3) is 0 Å². The van der Waals surface area contributed by atoms with E-state index in [-0.39, 0.29) is 5.91 Å². The Balaban J connectivity index is 2.15. The number of carboxylic acids is 1. The number of aliphatic carboxylic acids is 1. The van der Waals surface area contributed by atoms with E-state index in [0.29, 0.717) is 6.54 Å². The number of nitrogens with one attached hydrogen (secondary N) is 1. The molecule has 0 bridgehead atoms. The minimum absolute atomic E-state index is 0.377. The zero-order valence-electron chi connectivity index (χ0n) is 11.6. The third kappa shape index (κ3) is 7.33. The van der Waals surface area contributed by atoms with Gasteiger partial charge in [0, 0.05) is 25.2 Å². The molecular weight excluding hydrogens is 256 g/mol. The third-order valence-corrected chi connectivity index (χ3v) is 2.69. The Morgan fingerprint density at radius 1 is 1.25 bits per heavy atom. The topological polar surface area (TPSA) is 69.6 Å². The van der Waals surface area contributed by atoms with Gasteiger partial charge in [0.1, 0.15) is 0 Å². The van der Waals surface area contributed by atoms with Crippen LogP contribution in [0.3, 0.4) is 0 Å². The monoisotopic (exact) mass is 276 g/mol. The molecule has 1 amide bonds. The Bertz CT molecular complexity index is 457. The van der Waals surface area contributed by atoms with Gasteiger partial charge in [-0.15, -0.1) is 0 Å². The van der Waals surface area contributed by atoms with Gasteiger partial charge in [-0.25, -0.2) is 4.79 Å². The maximum absolute atomic E-state index is 11.2. The lowest BCUT2D eigenvalue weighted by atomic mass is 10.2. The zero-order chi connectivity index (χ0) is 14.8. The van der Waals surface area contributed by atoms with Gasteiger partial charge in [-0.1, -0.05) is 30.3 Å². The summed E-state index contributed by atoms with van der Waals surface area (Å²) in [6, 6.07) is 10.2. The summed E-state index contributed by atoms with van der Waals surface area (Å²) < 4.78 is 0. The van der Waals surface area contributed by atoms with Crippen LogP contribution in [0.2, 0.25) is 0 Å². The van der Waals surface area contributed by atoms with Crippen molar-refractivity contribution in [3.05, 3.63) is 48.0 Å². The Morgan fingerprint density at radius 2 is 1.95 bits per heavy atom. The Kier molecular flexibility index (Phi) is 7.06. The van der Waals surface area contributed by atoms with E-state index in [1.54, 1.807) is 0 Å². The number of carbonyl (C=O) groups excluding carboxylic acids is 1. The molecule has 0 aromatic heterocycles. The van der Waals surface area contributed by atoms with Crippen LogP contribution in [0.1, 0.15) is 12.0 Å². The molecule has 5 nitrogen and oxygen atoms in total. The fraction of sp³-hybridized carbons (Fsp3) is 0.333. The first kappa shape index (κ1) is 15.9. The lowest BCUT2D eigenvalue weighted by molar-refractivity contribution is -0.131. The highest BCUT2D eigenvalue weighted by molar-refractivity contribution is 5.93. The molecule has 0 radical (unpaired) electrons. The van der Waals surface area contributed by atoms with Gasteiger partial charge in [-0.05, 0) is 25.6 Å². The van der Waals surface area contributed by atoms with Crippen molar-refractivity contribution in [2.24, 2.45) is 0 Å². The summed E-state index contributed by atoms with van der Waals surface area (Å²) >= 11 is 0. The summed E-state index contributed by atoms with van der Waals surface area (Å²) in [5.74, 6) is -1.50. The van der Waals surface area contributed by atoms with Crippen molar-refractivity contribution in [1.29, 1.82) is 0 Å². The highest BCUT2D eigenvalue weighted by atomic mass is 16.4. The molecule has 0 atom stereocenters. The Morgan fingerprint density at radius 3 is 2.60 bits per heavy atom. The highest BCUT2D eigenvalue weighted by Gasteiger charge is 2.01. The van der Waals surface area contributed by atoms with E-state index in [0.717, 1.165) is 31.7 Å². The number of carboxylic acid groups (broad SMARTS) is 1. The summed E-state index contributed by atoms with van der Waals surface area (Å²) in [4.78, 5) is 23.6. The molecule has 0 heterocycles. The van der Waals surface area contributed by atoms with Crippen molar-refractivity contribution in [2.45, 2.75) is 13.0 Å². The molecule has 0 fully saturated rings. The molecule has 0 aliphatic rings. The average molecular weight is 276 g/mol. The van der Waals surface area contributed by atoms with Crippen molar-refractivity contribution in [2.75, 3.05) is 20.1 Å². The van der Waals surface area contributed by atoms with Crippen molar-refractivity contribution in [1.82, 2.24) is 10.2 Å². The van der Waals surface area contributed by atoms with Gasteiger partial charge in [0.15, 0.2) is 0 Å². The van der Waals surface area contributed by atoms with Crippen LogP contribution in [0.15, 0.2) is 42.5 Å². The van der Waals surface area contributed by atoms with Gasteiger partial charge in [0.05, 0.1) is 0 Å².